The van der Waals surface area contributed by atoms with E-state index in [1.165, 1.54) is 31.8 Å². The van der Waals surface area contributed by atoms with E-state index in [9.17, 15) is 18.0 Å². The molecule has 11 heteroatoms. The molecule has 31 heavy (non-hydrogen) atoms. The fourth-order valence-corrected chi connectivity index (χ4v) is 2.54. The van der Waals surface area contributed by atoms with Crippen LogP contribution in [0.4, 0.5) is 19.0 Å². The minimum atomic E-state index is -4.54. The van der Waals surface area contributed by atoms with Gasteiger partial charge in [0.2, 0.25) is 0 Å². The van der Waals surface area contributed by atoms with Gasteiger partial charge >= 0.3 is 12.1 Å². The third kappa shape index (κ3) is 5.70. The van der Waals surface area contributed by atoms with Crippen LogP contribution >= 0.6 is 11.6 Å². The van der Waals surface area contributed by atoms with Crippen molar-refractivity contribution in [1.29, 1.82) is 0 Å². The number of anilines is 1. The number of hydrogen-bond acceptors (Lipinski definition) is 7. The minimum Gasteiger partial charge on any atom is -0.493 e. The second-order valence-electron chi connectivity index (χ2n) is 5.96. The van der Waals surface area contributed by atoms with E-state index in [2.05, 4.69) is 20.5 Å². The summed E-state index contributed by atoms with van der Waals surface area (Å²) in [6.07, 6.45) is 0.384. The van der Waals surface area contributed by atoms with Crippen LogP contribution in [-0.2, 0) is 6.18 Å². The first-order valence-electron chi connectivity index (χ1n) is 8.60. The third-order valence-corrected chi connectivity index (χ3v) is 4.13. The van der Waals surface area contributed by atoms with Crippen LogP contribution in [0.5, 0.6) is 11.5 Å². The van der Waals surface area contributed by atoms with Crippen LogP contribution < -0.4 is 14.9 Å². The number of alkyl halides is 3. The van der Waals surface area contributed by atoms with Gasteiger partial charge in [-0.2, -0.15) is 18.3 Å². The van der Waals surface area contributed by atoms with Crippen LogP contribution in [0.3, 0.4) is 0 Å². The van der Waals surface area contributed by atoms with Crippen molar-refractivity contribution in [3.63, 3.8) is 0 Å². The van der Waals surface area contributed by atoms with Gasteiger partial charge in [-0.05, 0) is 42.0 Å². The molecule has 0 aliphatic carbocycles. The number of carbonyl (C=O) groups excluding carboxylic acids is 1. The molecular weight excluding hydrogens is 437 g/mol. The van der Waals surface area contributed by atoms with Crippen molar-refractivity contribution in [3.05, 3.63) is 76.7 Å². The first kappa shape index (κ1) is 22.0. The number of benzene rings is 1. The molecule has 0 amide bonds. The number of esters is 1. The van der Waals surface area contributed by atoms with Gasteiger partial charge in [-0.25, -0.2) is 9.78 Å². The summed E-state index contributed by atoms with van der Waals surface area (Å²) in [4.78, 5) is 19.7. The van der Waals surface area contributed by atoms with Crippen molar-refractivity contribution in [1.82, 2.24) is 9.97 Å². The Bertz CT molecular complexity index is 1110. The van der Waals surface area contributed by atoms with Gasteiger partial charge in [-0.15, -0.1) is 0 Å². The molecular formula is C20H14ClF3N4O3. The molecule has 7 nitrogen and oxygen atoms in total. The van der Waals surface area contributed by atoms with E-state index < -0.39 is 17.7 Å². The average Bonchev–Trinajstić information content (AvgIpc) is 2.75. The molecule has 0 aliphatic heterocycles. The van der Waals surface area contributed by atoms with Crippen molar-refractivity contribution >= 4 is 29.6 Å². The van der Waals surface area contributed by atoms with E-state index in [1.54, 1.807) is 24.3 Å². The highest BCUT2D eigenvalue weighted by atomic mass is 35.5. The lowest BCUT2D eigenvalue weighted by molar-refractivity contribution is -0.137. The number of nitrogens with one attached hydrogen (secondary N) is 1. The van der Waals surface area contributed by atoms with E-state index in [-0.39, 0.29) is 27.9 Å². The summed E-state index contributed by atoms with van der Waals surface area (Å²) >= 11 is 5.81. The summed E-state index contributed by atoms with van der Waals surface area (Å²) < 4.78 is 48.5. The zero-order valence-electron chi connectivity index (χ0n) is 15.9. The molecule has 0 saturated carbocycles. The van der Waals surface area contributed by atoms with Crippen LogP contribution in [0.25, 0.3) is 0 Å². The zero-order valence-corrected chi connectivity index (χ0v) is 16.6. The van der Waals surface area contributed by atoms with Crippen LogP contribution in [0.2, 0.25) is 5.02 Å². The first-order valence-corrected chi connectivity index (χ1v) is 8.98. The normalized spacial score (nSPS) is 11.4. The number of halogens is 4. The van der Waals surface area contributed by atoms with Crippen molar-refractivity contribution in [3.8, 4) is 11.5 Å². The molecule has 0 aliphatic rings. The smallest absolute Gasteiger partial charge is 0.417 e. The molecule has 0 bridgehead atoms. The predicted molar refractivity (Wildman–Crippen MR) is 108 cm³/mol. The Morgan fingerprint density at radius 1 is 1.19 bits per heavy atom. The van der Waals surface area contributed by atoms with Gasteiger partial charge in [-0.3, -0.25) is 10.4 Å². The minimum absolute atomic E-state index is 0.0418. The van der Waals surface area contributed by atoms with Crippen LogP contribution in [-0.4, -0.2) is 29.3 Å². The maximum absolute atomic E-state index is 12.7. The molecule has 0 radical (unpaired) electrons. The van der Waals surface area contributed by atoms with Gasteiger partial charge in [0.05, 0.1) is 29.5 Å². The summed E-state index contributed by atoms with van der Waals surface area (Å²) in [7, 11) is 1.40. The van der Waals surface area contributed by atoms with Crippen molar-refractivity contribution in [2.45, 2.75) is 6.18 Å². The summed E-state index contributed by atoms with van der Waals surface area (Å²) in [5, 5.41) is 3.67. The fraction of sp³-hybridized carbons (Fsp3) is 0.100. The average molecular weight is 451 g/mol. The van der Waals surface area contributed by atoms with E-state index in [0.29, 0.717) is 11.8 Å². The topological polar surface area (TPSA) is 85.7 Å². The van der Waals surface area contributed by atoms with Gasteiger partial charge < -0.3 is 9.47 Å². The largest absolute Gasteiger partial charge is 0.493 e. The number of methoxy groups -OCH3 is 1. The number of rotatable bonds is 6. The Morgan fingerprint density at radius 2 is 2.00 bits per heavy atom. The van der Waals surface area contributed by atoms with E-state index in [4.69, 9.17) is 21.1 Å². The van der Waals surface area contributed by atoms with E-state index in [1.807, 2.05) is 0 Å². The van der Waals surface area contributed by atoms with Crippen molar-refractivity contribution < 1.29 is 27.4 Å². The second-order valence-corrected chi connectivity index (χ2v) is 6.37. The summed E-state index contributed by atoms with van der Waals surface area (Å²) in [6.45, 7) is 0. The number of hydrogen-bond donors (Lipinski definition) is 1. The highest BCUT2D eigenvalue weighted by Gasteiger charge is 2.31. The molecule has 0 spiro atoms. The monoisotopic (exact) mass is 450 g/mol. The standard InChI is InChI=1S/C20H14ClF3N4O3/c1-30-17-7-12(4-5-16(17)31-19(29)13-3-2-6-25-10-13)9-27-28-18-15(21)8-14(11-26-18)20(22,23)24/h2-11H,1H3,(H,26,28)/b27-9-. The fourth-order valence-electron chi connectivity index (χ4n) is 2.33. The number of nitrogens with zero attached hydrogens (tertiary/aromatic N) is 3. The molecule has 0 unspecified atom stereocenters. The Labute approximate surface area is 179 Å². The lowest BCUT2D eigenvalue weighted by Crippen LogP contribution is -2.09. The van der Waals surface area contributed by atoms with Gasteiger partial charge in [0.15, 0.2) is 17.3 Å². The SMILES string of the molecule is COc1cc(/C=N\Nc2ncc(C(F)(F)F)cc2Cl)ccc1OC(=O)c1cccnc1. The van der Waals surface area contributed by atoms with E-state index >= 15 is 0 Å². The first-order chi connectivity index (χ1) is 14.8. The van der Waals surface area contributed by atoms with E-state index in [0.717, 1.165) is 6.07 Å². The quantitative estimate of drug-likeness (QED) is 0.251. The lowest BCUT2D eigenvalue weighted by atomic mass is 10.2. The molecule has 3 aromatic rings. The molecule has 1 aromatic carbocycles. The summed E-state index contributed by atoms with van der Waals surface area (Å²) in [5.41, 5.74) is 2.33. The second kappa shape index (κ2) is 9.43. The Hall–Kier alpha value is -3.66. The van der Waals surface area contributed by atoms with Gasteiger partial charge in [0.25, 0.3) is 0 Å². The number of pyridine rings is 2. The van der Waals surface area contributed by atoms with Crippen LogP contribution in [0.1, 0.15) is 21.5 Å². The maximum Gasteiger partial charge on any atom is 0.417 e. The van der Waals surface area contributed by atoms with Crippen LogP contribution in [0.15, 0.2) is 60.1 Å². The molecule has 3 rings (SSSR count). The summed E-state index contributed by atoms with van der Waals surface area (Å²) in [6, 6.07) is 8.59. The number of hydrazone groups is 1. The maximum atomic E-state index is 12.7. The highest BCUT2D eigenvalue weighted by Crippen LogP contribution is 2.32. The molecule has 0 fully saturated rings. The van der Waals surface area contributed by atoms with Gasteiger partial charge in [0.1, 0.15) is 0 Å². The van der Waals surface area contributed by atoms with Crippen molar-refractivity contribution in [2.24, 2.45) is 5.10 Å². The number of carbonyl (C=O) groups is 1. The molecule has 0 saturated heterocycles. The molecule has 0 atom stereocenters. The molecule has 160 valence electrons. The van der Waals surface area contributed by atoms with Crippen molar-refractivity contribution in [2.75, 3.05) is 12.5 Å². The molecule has 1 N–H and O–H groups in total. The zero-order chi connectivity index (χ0) is 22.4. The Kier molecular flexibility index (Phi) is 6.71. The molecule has 2 heterocycles. The number of aromatic nitrogens is 2. The number of ether oxygens (including phenoxy) is 2. The summed E-state index contributed by atoms with van der Waals surface area (Å²) in [5.74, 6) is -0.182. The predicted octanol–water partition coefficient (Wildman–Crippen LogP) is 4.82. The lowest BCUT2D eigenvalue weighted by Gasteiger charge is -2.10. The Morgan fingerprint density at radius 3 is 2.65 bits per heavy atom. The highest BCUT2D eigenvalue weighted by molar-refractivity contribution is 6.32. The molecule has 2 aromatic heterocycles. The van der Waals surface area contributed by atoms with Gasteiger partial charge in [0, 0.05) is 18.6 Å². The third-order valence-electron chi connectivity index (χ3n) is 3.84. The van der Waals surface area contributed by atoms with Crippen LogP contribution in [0, 0.1) is 0 Å². The van der Waals surface area contributed by atoms with Gasteiger partial charge in [-0.1, -0.05) is 11.6 Å². The Balaban J connectivity index is 1.70.